The average Bonchev–Trinajstić information content (AvgIpc) is 2.58. The van der Waals surface area contributed by atoms with Gasteiger partial charge in [0.25, 0.3) is 10.1 Å². The fourth-order valence-corrected chi connectivity index (χ4v) is 2.66. The molecule has 156 valence electrons. The first-order chi connectivity index (χ1) is 12.5. The van der Waals surface area contributed by atoms with Crippen molar-refractivity contribution in [2.45, 2.75) is 51.6 Å². The van der Waals surface area contributed by atoms with Gasteiger partial charge in [-0.15, -0.1) is 0 Å². The molecular weight excluding hydrogens is 387 g/mol. The third-order valence-corrected chi connectivity index (χ3v) is 4.29. The van der Waals surface area contributed by atoms with Crippen LogP contribution in [0, 0.1) is 0 Å². The Kier molecular flexibility index (Phi) is 11.7. The molecule has 0 atom stereocenters. The Morgan fingerprint density at radius 2 is 1.59 bits per heavy atom. The maximum atomic E-state index is 12.3. The summed E-state index contributed by atoms with van der Waals surface area (Å²) in [6, 6.07) is 5.04. The molecule has 1 aromatic carbocycles. The van der Waals surface area contributed by atoms with Crippen LogP contribution in [0.2, 0.25) is 0 Å². The zero-order valence-electron chi connectivity index (χ0n) is 15.4. The zero-order chi connectivity index (χ0) is 20.9. The Morgan fingerprint density at radius 3 is 2.00 bits per heavy atom. The van der Waals surface area contributed by atoms with E-state index in [1.54, 1.807) is 0 Å². The minimum absolute atomic E-state index is 0.0842. The summed E-state index contributed by atoms with van der Waals surface area (Å²) in [7, 11) is -2.31. The molecule has 0 aliphatic rings. The molecule has 0 unspecified atom stereocenters. The van der Waals surface area contributed by atoms with Gasteiger partial charge >= 0.3 is 6.18 Å². The van der Waals surface area contributed by atoms with Gasteiger partial charge < -0.3 is 9.94 Å². The maximum Gasteiger partial charge on any atom is 0.437 e. The Hall–Kier alpha value is -1.81. The van der Waals surface area contributed by atoms with Gasteiger partial charge in [-0.25, -0.2) is 0 Å². The van der Waals surface area contributed by atoms with Gasteiger partial charge in [-0.05, 0) is 30.7 Å². The van der Waals surface area contributed by atoms with Crippen molar-refractivity contribution in [2.75, 3.05) is 12.9 Å². The van der Waals surface area contributed by atoms with Crippen LogP contribution in [-0.4, -0.2) is 42.9 Å². The van der Waals surface area contributed by atoms with Crippen molar-refractivity contribution in [2.24, 2.45) is 5.16 Å². The molecule has 0 heterocycles. The molecule has 0 saturated carbocycles. The van der Waals surface area contributed by atoms with Crippen LogP contribution >= 0.6 is 0 Å². The van der Waals surface area contributed by atoms with E-state index in [1.165, 1.54) is 50.6 Å². The first kappa shape index (κ1) is 25.2. The van der Waals surface area contributed by atoms with Crippen molar-refractivity contribution < 1.29 is 36.1 Å². The number of unbranched alkanes of at least 4 members (excludes halogenated alkanes) is 5. The summed E-state index contributed by atoms with van der Waals surface area (Å²) in [5.74, 6) is 0.345. The second kappa shape index (κ2) is 12.6. The van der Waals surface area contributed by atoms with Gasteiger partial charge in [0.2, 0.25) is 0 Å². The van der Waals surface area contributed by atoms with Crippen LogP contribution in [0.25, 0.3) is 0 Å². The van der Waals surface area contributed by atoms with E-state index in [9.17, 15) is 21.6 Å². The SMILES string of the molecule is CCCCCCCCS(=O)(=O)O.COc1ccc(C(=NO)C(F)(F)F)cc1. The first-order valence-electron chi connectivity index (χ1n) is 8.44. The van der Waals surface area contributed by atoms with E-state index in [0.717, 1.165) is 12.8 Å². The summed E-state index contributed by atoms with van der Waals surface area (Å²) in [5, 5.41) is 10.5. The van der Waals surface area contributed by atoms with Crippen molar-refractivity contribution in [3.63, 3.8) is 0 Å². The summed E-state index contributed by atoms with van der Waals surface area (Å²) in [4.78, 5) is 0. The molecule has 1 aromatic rings. The molecule has 0 spiro atoms. The Balaban J connectivity index is 0.000000516. The van der Waals surface area contributed by atoms with Crippen LogP contribution in [0.1, 0.15) is 51.0 Å². The highest BCUT2D eigenvalue weighted by atomic mass is 32.2. The van der Waals surface area contributed by atoms with Crippen LogP contribution in [0.4, 0.5) is 13.2 Å². The van der Waals surface area contributed by atoms with Gasteiger partial charge in [0.05, 0.1) is 12.9 Å². The fourth-order valence-electron chi connectivity index (χ4n) is 2.09. The lowest BCUT2D eigenvalue weighted by Gasteiger charge is -2.08. The van der Waals surface area contributed by atoms with Crippen molar-refractivity contribution in [3.05, 3.63) is 29.8 Å². The molecule has 27 heavy (non-hydrogen) atoms. The number of halogens is 3. The lowest BCUT2D eigenvalue weighted by Crippen LogP contribution is -2.23. The zero-order valence-corrected chi connectivity index (χ0v) is 16.2. The maximum absolute atomic E-state index is 12.3. The monoisotopic (exact) mass is 413 g/mol. The Labute approximate surface area is 157 Å². The van der Waals surface area contributed by atoms with E-state index in [-0.39, 0.29) is 11.3 Å². The van der Waals surface area contributed by atoms with E-state index < -0.39 is 22.0 Å². The van der Waals surface area contributed by atoms with Crippen molar-refractivity contribution >= 4 is 15.8 Å². The van der Waals surface area contributed by atoms with Crippen molar-refractivity contribution in [1.82, 2.24) is 0 Å². The van der Waals surface area contributed by atoms with E-state index >= 15 is 0 Å². The topological polar surface area (TPSA) is 96.2 Å². The molecule has 0 fully saturated rings. The van der Waals surface area contributed by atoms with Crippen LogP contribution < -0.4 is 4.74 Å². The molecule has 0 radical (unpaired) electrons. The first-order valence-corrected chi connectivity index (χ1v) is 10.0. The van der Waals surface area contributed by atoms with Crippen molar-refractivity contribution in [1.29, 1.82) is 0 Å². The molecule has 0 bridgehead atoms. The normalized spacial score (nSPS) is 12.3. The second-order valence-electron chi connectivity index (χ2n) is 5.73. The molecule has 0 aromatic heterocycles. The molecular formula is C17H26F3NO5S. The smallest absolute Gasteiger partial charge is 0.437 e. The van der Waals surface area contributed by atoms with Gasteiger partial charge in [-0.3, -0.25) is 4.55 Å². The van der Waals surface area contributed by atoms with Gasteiger partial charge in [-0.1, -0.05) is 44.2 Å². The summed E-state index contributed by atoms with van der Waals surface area (Å²) in [5.41, 5.74) is -1.55. The Morgan fingerprint density at radius 1 is 1.07 bits per heavy atom. The van der Waals surface area contributed by atoms with Crippen LogP contribution in [-0.2, 0) is 10.1 Å². The third kappa shape index (κ3) is 12.2. The summed E-state index contributed by atoms with van der Waals surface area (Å²) in [6.45, 7) is 2.14. The lowest BCUT2D eigenvalue weighted by atomic mass is 10.1. The molecule has 0 saturated heterocycles. The van der Waals surface area contributed by atoms with Gasteiger partial charge in [0.15, 0.2) is 5.71 Å². The number of hydrogen-bond acceptors (Lipinski definition) is 5. The number of methoxy groups -OCH3 is 1. The largest absolute Gasteiger partial charge is 0.497 e. The second-order valence-corrected chi connectivity index (χ2v) is 7.30. The number of nitrogens with zero attached hydrogens (tertiary/aromatic N) is 1. The number of alkyl halides is 3. The number of benzene rings is 1. The third-order valence-electron chi connectivity index (χ3n) is 3.49. The molecule has 1 rings (SSSR count). The fraction of sp³-hybridized carbons (Fsp3) is 0.588. The number of hydrogen-bond donors (Lipinski definition) is 2. The lowest BCUT2D eigenvalue weighted by molar-refractivity contribution is -0.0601. The van der Waals surface area contributed by atoms with Crippen LogP contribution in [0.3, 0.4) is 0 Å². The van der Waals surface area contributed by atoms with Gasteiger partial charge in [0, 0.05) is 5.56 Å². The van der Waals surface area contributed by atoms with E-state index in [2.05, 4.69) is 12.1 Å². The molecule has 10 heteroatoms. The van der Waals surface area contributed by atoms with Crippen LogP contribution in [0.5, 0.6) is 5.75 Å². The highest BCUT2D eigenvalue weighted by molar-refractivity contribution is 7.85. The molecule has 0 aliphatic carbocycles. The highest BCUT2D eigenvalue weighted by Gasteiger charge is 2.37. The highest BCUT2D eigenvalue weighted by Crippen LogP contribution is 2.23. The van der Waals surface area contributed by atoms with Gasteiger partial charge in [0.1, 0.15) is 5.75 Å². The van der Waals surface area contributed by atoms with E-state index in [4.69, 9.17) is 14.5 Å². The van der Waals surface area contributed by atoms with E-state index in [1.807, 2.05) is 0 Å². The summed E-state index contributed by atoms with van der Waals surface area (Å²) >= 11 is 0. The summed E-state index contributed by atoms with van der Waals surface area (Å²) in [6.07, 6.45) is 1.46. The predicted octanol–water partition coefficient (Wildman–Crippen LogP) is 4.67. The van der Waals surface area contributed by atoms with Gasteiger partial charge in [-0.2, -0.15) is 21.6 Å². The van der Waals surface area contributed by atoms with E-state index in [0.29, 0.717) is 12.2 Å². The average molecular weight is 413 g/mol. The predicted molar refractivity (Wildman–Crippen MR) is 97.2 cm³/mol. The van der Waals surface area contributed by atoms with Crippen molar-refractivity contribution in [3.8, 4) is 5.75 Å². The number of ether oxygens (including phenoxy) is 1. The Bertz CT molecular complexity index is 658. The standard InChI is InChI=1S/C9H8F3NO2.C8H18O3S/c1-15-7-4-2-6(3-5-7)8(13-14)9(10,11)12;1-2-3-4-5-6-7-8-12(9,10)11/h2-5,14H,1H3;2-8H2,1H3,(H,9,10,11). The van der Waals surface area contributed by atoms with Crippen LogP contribution in [0.15, 0.2) is 29.4 Å². The molecule has 2 N–H and O–H groups in total. The molecule has 0 amide bonds. The molecule has 0 aliphatic heterocycles. The number of oxime groups is 1. The minimum atomic E-state index is -4.68. The minimum Gasteiger partial charge on any atom is -0.497 e. The quantitative estimate of drug-likeness (QED) is 0.202. The summed E-state index contributed by atoms with van der Waals surface area (Å²) < 4.78 is 70.5. The number of rotatable bonds is 9. The molecule has 6 nitrogen and oxygen atoms in total.